The first kappa shape index (κ1) is 15.1. The molecule has 0 saturated carbocycles. The van der Waals surface area contributed by atoms with E-state index >= 15 is 0 Å². The molecule has 1 aromatic carbocycles. The zero-order valence-electron chi connectivity index (χ0n) is 11.3. The van der Waals surface area contributed by atoms with Crippen LogP contribution in [0.3, 0.4) is 0 Å². The van der Waals surface area contributed by atoms with Gasteiger partial charge in [-0.2, -0.15) is 0 Å². The quantitative estimate of drug-likeness (QED) is 0.730. The van der Waals surface area contributed by atoms with Gasteiger partial charge >= 0.3 is 5.97 Å². The van der Waals surface area contributed by atoms with Crippen LogP contribution >= 0.6 is 0 Å². The van der Waals surface area contributed by atoms with E-state index in [0.717, 1.165) is 5.69 Å². The summed E-state index contributed by atoms with van der Waals surface area (Å²) in [4.78, 5) is 12.6. The monoisotopic (exact) mass is 268 g/mol. The standard InChI is InChI=1S/C13H20N2O4/c1-18-10-3-4-11(12(9-10)19-2)15(8-6-14)7-5-13(16)17/h3-4,9H,5-8,14H2,1-2H3,(H,16,17). The number of anilines is 1. The van der Waals surface area contributed by atoms with Crippen molar-refractivity contribution in [3.63, 3.8) is 0 Å². The van der Waals surface area contributed by atoms with Gasteiger partial charge in [0.25, 0.3) is 0 Å². The number of carbonyl (C=O) groups is 1. The molecule has 0 aliphatic heterocycles. The highest BCUT2D eigenvalue weighted by Crippen LogP contribution is 2.32. The summed E-state index contributed by atoms with van der Waals surface area (Å²) in [7, 11) is 3.15. The molecule has 6 nitrogen and oxygen atoms in total. The summed E-state index contributed by atoms with van der Waals surface area (Å²) >= 11 is 0. The summed E-state index contributed by atoms with van der Waals surface area (Å²) in [5.41, 5.74) is 6.38. The van der Waals surface area contributed by atoms with Crippen LogP contribution in [0.2, 0.25) is 0 Å². The second-order valence-corrected chi connectivity index (χ2v) is 3.96. The lowest BCUT2D eigenvalue weighted by Crippen LogP contribution is -2.31. The molecule has 6 heteroatoms. The van der Waals surface area contributed by atoms with Crippen LogP contribution in [-0.2, 0) is 4.79 Å². The van der Waals surface area contributed by atoms with Gasteiger partial charge in [-0.25, -0.2) is 0 Å². The van der Waals surface area contributed by atoms with Gasteiger partial charge in [-0.1, -0.05) is 0 Å². The molecule has 19 heavy (non-hydrogen) atoms. The number of hydrogen-bond donors (Lipinski definition) is 2. The average Bonchev–Trinajstić information content (AvgIpc) is 2.42. The SMILES string of the molecule is COc1ccc(N(CCN)CCC(=O)O)c(OC)c1. The van der Waals surface area contributed by atoms with E-state index in [2.05, 4.69) is 0 Å². The fourth-order valence-corrected chi connectivity index (χ4v) is 1.79. The van der Waals surface area contributed by atoms with Gasteiger partial charge in [0.1, 0.15) is 11.5 Å². The van der Waals surface area contributed by atoms with E-state index < -0.39 is 5.97 Å². The Bertz CT molecular complexity index is 423. The van der Waals surface area contributed by atoms with E-state index in [1.165, 1.54) is 0 Å². The highest BCUT2D eigenvalue weighted by molar-refractivity contribution is 5.68. The number of carboxylic acids is 1. The molecule has 0 heterocycles. The van der Waals surface area contributed by atoms with Crippen molar-refractivity contribution in [2.75, 3.05) is 38.8 Å². The number of rotatable bonds is 8. The lowest BCUT2D eigenvalue weighted by atomic mass is 10.2. The van der Waals surface area contributed by atoms with Crippen LogP contribution < -0.4 is 20.1 Å². The number of aliphatic carboxylic acids is 1. The smallest absolute Gasteiger partial charge is 0.305 e. The third kappa shape index (κ3) is 4.33. The van der Waals surface area contributed by atoms with Crippen molar-refractivity contribution in [2.45, 2.75) is 6.42 Å². The van der Waals surface area contributed by atoms with Crippen LogP contribution in [0, 0.1) is 0 Å². The molecular weight excluding hydrogens is 248 g/mol. The Morgan fingerprint density at radius 2 is 2.05 bits per heavy atom. The number of benzene rings is 1. The fraction of sp³-hybridized carbons (Fsp3) is 0.462. The van der Waals surface area contributed by atoms with Crippen molar-refractivity contribution < 1.29 is 19.4 Å². The average molecular weight is 268 g/mol. The lowest BCUT2D eigenvalue weighted by molar-refractivity contribution is -0.136. The minimum atomic E-state index is -0.838. The molecule has 0 bridgehead atoms. The minimum Gasteiger partial charge on any atom is -0.497 e. The van der Waals surface area contributed by atoms with Crippen molar-refractivity contribution in [3.05, 3.63) is 18.2 Å². The van der Waals surface area contributed by atoms with Crippen LogP contribution in [0.4, 0.5) is 5.69 Å². The van der Waals surface area contributed by atoms with Gasteiger partial charge in [0.2, 0.25) is 0 Å². The maximum absolute atomic E-state index is 10.7. The Morgan fingerprint density at radius 3 is 2.58 bits per heavy atom. The summed E-state index contributed by atoms with van der Waals surface area (Å²) in [6.45, 7) is 1.39. The van der Waals surface area contributed by atoms with E-state index in [0.29, 0.717) is 31.1 Å². The fourth-order valence-electron chi connectivity index (χ4n) is 1.79. The van der Waals surface area contributed by atoms with E-state index in [-0.39, 0.29) is 6.42 Å². The Morgan fingerprint density at radius 1 is 1.32 bits per heavy atom. The van der Waals surface area contributed by atoms with E-state index in [1.54, 1.807) is 20.3 Å². The molecule has 0 atom stereocenters. The molecule has 0 radical (unpaired) electrons. The predicted molar refractivity (Wildman–Crippen MR) is 73.1 cm³/mol. The molecule has 0 amide bonds. The maximum Gasteiger partial charge on any atom is 0.305 e. The van der Waals surface area contributed by atoms with Gasteiger partial charge in [0, 0.05) is 25.7 Å². The highest BCUT2D eigenvalue weighted by Gasteiger charge is 2.13. The number of nitrogens with zero attached hydrogens (tertiary/aromatic N) is 1. The number of ether oxygens (including phenoxy) is 2. The third-order valence-corrected chi connectivity index (χ3v) is 2.72. The molecule has 1 rings (SSSR count). The molecule has 0 saturated heterocycles. The molecule has 1 aromatic rings. The molecule has 0 unspecified atom stereocenters. The first-order chi connectivity index (χ1) is 9.12. The first-order valence-corrected chi connectivity index (χ1v) is 6.01. The third-order valence-electron chi connectivity index (χ3n) is 2.72. The van der Waals surface area contributed by atoms with Gasteiger partial charge in [-0.3, -0.25) is 4.79 Å². The molecule has 0 aliphatic carbocycles. The zero-order valence-corrected chi connectivity index (χ0v) is 11.3. The topological polar surface area (TPSA) is 85.0 Å². The van der Waals surface area contributed by atoms with E-state index in [1.807, 2.05) is 17.0 Å². The van der Waals surface area contributed by atoms with Crippen LogP contribution in [-0.4, -0.2) is 44.9 Å². The van der Waals surface area contributed by atoms with Gasteiger partial charge in [0.05, 0.1) is 26.3 Å². The summed E-state index contributed by atoms with van der Waals surface area (Å²) in [5, 5.41) is 8.78. The Kier molecular flexibility index (Phi) is 5.95. The zero-order chi connectivity index (χ0) is 14.3. The summed E-state index contributed by atoms with van der Waals surface area (Å²) in [5.74, 6) is 0.485. The molecule has 0 aromatic heterocycles. The number of nitrogens with two attached hydrogens (primary N) is 1. The van der Waals surface area contributed by atoms with Gasteiger partial charge in [0.15, 0.2) is 0 Å². The number of methoxy groups -OCH3 is 2. The van der Waals surface area contributed by atoms with Crippen LogP contribution in [0.15, 0.2) is 18.2 Å². The van der Waals surface area contributed by atoms with Crippen LogP contribution in [0.5, 0.6) is 11.5 Å². The second-order valence-electron chi connectivity index (χ2n) is 3.96. The Hall–Kier alpha value is -1.95. The normalized spacial score (nSPS) is 10.1. The minimum absolute atomic E-state index is 0.0508. The van der Waals surface area contributed by atoms with Crippen molar-refractivity contribution in [1.82, 2.24) is 0 Å². The predicted octanol–water partition coefficient (Wildman–Crippen LogP) is 0.944. The van der Waals surface area contributed by atoms with Crippen molar-refractivity contribution in [2.24, 2.45) is 5.73 Å². The Labute approximate surface area is 112 Å². The van der Waals surface area contributed by atoms with Gasteiger partial charge < -0.3 is 25.2 Å². The second kappa shape index (κ2) is 7.48. The van der Waals surface area contributed by atoms with E-state index in [4.69, 9.17) is 20.3 Å². The lowest BCUT2D eigenvalue weighted by Gasteiger charge is -2.25. The summed E-state index contributed by atoms with van der Waals surface area (Å²) < 4.78 is 10.4. The molecule has 106 valence electrons. The molecule has 3 N–H and O–H groups in total. The Balaban J connectivity index is 2.96. The van der Waals surface area contributed by atoms with Crippen molar-refractivity contribution >= 4 is 11.7 Å². The van der Waals surface area contributed by atoms with Crippen molar-refractivity contribution in [3.8, 4) is 11.5 Å². The first-order valence-electron chi connectivity index (χ1n) is 6.01. The molecule has 0 fully saturated rings. The van der Waals surface area contributed by atoms with Crippen molar-refractivity contribution in [1.29, 1.82) is 0 Å². The van der Waals surface area contributed by atoms with Gasteiger partial charge in [-0.05, 0) is 12.1 Å². The maximum atomic E-state index is 10.7. The molecular formula is C13H20N2O4. The summed E-state index contributed by atoms with van der Waals surface area (Å²) in [6, 6.07) is 5.41. The number of hydrogen-bond acceptors (Lipinski definition) is 5. The number of carboxylic acid groups (broad SMARTS) is 1. The van der Waals surface area contributed by atoms with E-state index in [9.17, 15) is 4.79 Å². The largest absolute Gasteiger partial charge is 0.497 e. The molecule has 0 spiro atoms. The van der Waals surface area contributed by atoms with Crippen LogP contribution in [0.1, 0.15) is 6.42 Å². The summed E-state index contributed by atoms with van der Waals surface area (Å²) in [6.07, 6.45) is 0.0508. The van der Waals surface area contributed by atoms with Gasteiger partial charge in [-0.15, -0.1) is 0 Å². The van der Waals surface area contributed by atoms with Crippen LogP contribution in [0.25, 0.3) is 0 Å². The highest BCUT2D eigenvalue weighted by atomic mass is 16.5. The molecule has 0 aliphatic rings.